The molecule has 0 aliphatic heterocycles. The largest absolute Gasteiger partial charge is 0.430 e. The van der Waals surface area contributed by atoms with Crippen LogP contribution in [0.15, 0.2) is 106 Å². The maximum absolute atomic E-state index is 4.84. The molecule has 0 bridgehead atoms. The second-order valence-corrected chi connectivity index (χ2v) is 12.4. The lowest BCUT2D eigenvalue weighted by Crippen LogP contribution is -2.32. The van der Waals surface area contributed by atoms with E-state index < -0.39 is 7.26 Å². The van der Waals surface area contributed by atoms with Crippen LogP contribution in [0.5, 0.6) is 0 Å². The number of rotatable bonds is 7. The zero-order valence-corrected chi connectivity index (χ0v) is 22.6. The van der Waals surface area contributed by atoms with Gasteiger partial charge in [0, 0.05) is 0 Å². The van der Waals surface area contributed by atoms with Gasteiger partial charge in [-0.15, -0.1) is 0 Å². The highest BCUT2D eigenvalue weighted by atomic mass is 31.2. The third kappa shape index (κ3) is 6.46. The van der Waals surface area contributed by atoms with E-state index >= 15 is 0 Å². The summed E-state index contributed by atoms with van der Waals surface area (Å²) in [6, 6.07) is 32.6. The van der Waals surface area contributed by atoms with Crippen molar-refractivity contribution in [2.24, 2.45) is 15.0 Å². The van der Waals surface area contributed by atoms with Gasteiger partial charge in [0.05, 0.1) is 17.8 Å². The van der Waals surface area contributed by atoms with Crippen LogP contribution >= 0.6 is 7.26 Å². The van der Waals surface area contributed by atoms with E-state index in [0.29, 0.717) is 5.96 Å². The Hall–Kier alpha value is -3.23. The van der Waals surface area contributed by atoms with Gasteiger partial charge in [-0.2, -0.15) is 4.99 Å². The molecule has 0 fully saturated rings. The van der Waals surface area contributed by atoms with E-state index in [1.807, 2.05) is 13.8 Å². The van der Waals surface area contributed by atoms with Gasteiger partial charge in [-0.1, -0.05) is 64.6 Å². The molecule has 3 rings (SSSR count). The molecule has 0 saturated carbocycles. The minimum atomic E-state index is -2.14. The fraction of sp³-hybridized carbons (Fsp3) is 0.267. The molecule has 0 unspecified atom stereocenters. The Kier molecular flexibility index (Phi) is 9.39. The highest BCUT2D eigenvalue weighted by Crippen LogP contribution is 2.52. The summed E-state index contributed by atoms with van der Waals surface area (Å²) < 4.78 is 2.22. The lowest BCUT2D eigenvalue weighted by molar-refractivity contribution is -0.588. The second kappa shape index (κ2) is 12.5. The zero-order valence-electron chi connectivity index (χ0n) is 21.7. The number of benzene rings is 3. The summed E-state index contributed by atoms with van der Waals surface area (Å²) in [5.41, 5.74) is 0.965. The fourth-order valence-corrected chi connectivity index (χ4v) is 7.74. The Morgan fingerprint density at radius 3 is 1.43 bits per heavy atom. The summed E-state index contributed by atoms with van der Waals surface area (Å²) in [7, 11) is -2.14. The Balaban J connectivity index is 2.19. The van der Waals surface area contributed by atoms with Gasteiger partial charge in [-0.25, -0.2) is 0 Å². The predicted octanol–water partition coefficient (Wildman–Crippen LogP) is 5.70. The molecule has 0 heterocycles. The van der Waals surface area contributed by atoms with E-state index in [2.05, 4.69) is 129 Å². The van der Waals surface area contributed by atoms with Crippen LogP contribution < -0.4 is 15.9 Å². The topological polar surface area (TPSA) is 40.1 Å². The van der Waals surface area contributed by atoms with Crippen molar-refractivity contribution < 1.29 is 4.58 Å². The molecule has 0 aromatic heterocycles. The summed E-state index contributed by atoms with van der Waals surface area (Å²) in [4.78, 5) is 14.3. The summed E-state index contributed by atoms with van der Waals surface area (Å²) in [5, 5.41) is 3.77. The van der Waals surface area contributed by atoms with Crippen molar-refractivity contribution in [1.29, 1.82) is 0 Å². The zero-order chi connectivity index (χ0) is 25.3. The molecule has 3 aromatic rings. The summed E-state index contributed by atoms with van der Waals surface area (Å²) in [5.74, 6) is 2.81. The standard InChI is InChI=1S/C30H37N4P/c1-24(2)33-30(34(25(3)4)26(5)6)32-22-31-23-35(27-16-10-7-11-17-27,28-18-12-8-13-19-28)29-20-14-9-15-21-29/h7-23,25-26H,1-6H3/q+2. The third-order valence-electron chi connectivity index (χ3n) is 5.64. The van der Waals surface area contributed by atoms with Crippen LogP contribution in [0.1, 0.15) is 41.5 Å². The minimum absolute atomic E-state index is 0.277. The first-order valence-corrected chi connectivity index (χ1v) is 14.0. The van der Waals surface area contributed by atoms with Gasteiger partial charge in [0.2, 0.25) is 0 Å². The van der Waals surface area contributed by atoms with Gasteiger partial charge in [0.1, 0.15) is 15.9 Å². The van der Waals surface area contributed by atoms with Crippen molar-refractivity contribution in [2.45, 2.75) is 53.6 Å². The lowest BCUT2D eigenvalue weighted by atomic mass is 10.3. The summed E-state index contributed by atoms with van der Waals surface area (Å²) in [6.07, 6.45) is 1.66. The van der Waals surface area contributed by atoms with Crippen LogP contribution in [0.25, 0.3) is 0 Å². The normalized spacial score (nSPS) is 12.0. The molecular weight excluding hydrogens is 447 g/mol. The van der Waals surface area contributed by atoms with Crippen molar-refractivity contribution >= 4 is 47.1 Å². The Morgan fingerprint density at radius 1 is 0.686 bits per heavy atom. The van der Waals surface area contributed by atoms with Crippen LogP contribution in [0.2, 0.25) is 0 Å². The molecular formula is C30H37N4P+2. The Bertz CT molecular complexity index is 1080. The maximum Gasteiger partial charge on any atom is 0.430 e. The first-order chi connectivity index (χ1) is 16.9. The molecule has 0 N–H and O–H groups in total. The third-order valence-corrected chi connectivity index (χ3v) is 9.46. The molecule has 0 aliphatic rings. The number of guanidine groups is 1. The Labute approximate surface area is 211 Å². The van der Waals surface area contributed by atoms with Gasteiger partial charge in [0.25, 0.3) is 0 Å². The minimum Gasteiger partial charge on any atom is -0.254 e. The van der Waals surface area contributed by atoms with Crippen LogP contribution in [0, 0.1) is 0 Å². The first-order valence-electron chi connectivity index (χ1n) is 12.2. The van der Waals surface area contributed by atoms with E-state index in [-0.39, 0.29) is 12.1 Å². The van der Waals surface area contributed by atoms with Crippen molar-refractivity contribution in [1.82, 2.24) is 0 Å². The van der Waals surface area contributed by atoms with Crippen molar-refractivity contribution in [3.63, 3.8) is 0 Å². The van der Waals surface area contributed by atoms with E-state index in [4.69, 9.17) is 15.0 Å². The number of hydrogen-bond acceptors (Lipinski definition) is 0. The molecule has 0 radical (unpaired) electrons. The Morgan fingerprint density at radius 2 is 1.09 bits per heavy atom. The average molecular weight is 485 g/mol. The first kappa shape index (κ1) is 26.4. The molecule has 5 heteroatoms. The number of aliphatic imine (C=N–C) groups is 3. The molecule has 0 atom stereocenters. The molecule has 0 aliphatic carbocycles. The quantitative estimate of drug-likeness (QED) is 0.179. The molecule has 0 spiro atoms. The predicted molar refractivity (Wildman–Crippen MR) is 156 cm³/mol. The number of nitrogens with zero attached hydrogens (tertiary/aromatic N) is 4. The lowest BCUT2D eigenvalue weighted by Gasteiger charge is -2.22. The maximum atomic E-state index is 4.84. The van der Waals surface area contributed by atoms with Crippen LogP contribution in [0.3, 0.4) is 0 Å². The second-order valence-electron chi connectivity index (χ2n) is 9.19. The smallest absolute Gasteiger partial charge is 0.254 e. The molecule has 0 saturated heterocycles. The highest BCUT2D eigenvalue weighted by molar-refractivity contribution is 8.06. The molecule has 180 valence electrons. The molecule has 4 nitrogen and oxygen atoms in total. The molecule has 3 aromatic carbocycles. The van der Waals surface area contributed by atoms with Crippen molar-refractivity contribution in [2.75, 3.05) is 0 Å². The molecule has 35 heavy (non-hydrogen) atoms. The van der Waals surface area contributed by atoms with Gasteiger partial charge >= 0.3 is 5.96 Å². The van der Waals surface area contributed by atoms with Gasteiger partial charge in [-0.05, 0) is 77.9 Å². The van der Waals surface area contributed by atoms with E-state index in [1.165, 1.54) is 15.9 Å². The van der Waals surface area contributed by atoms with Crippen molar-refractivity contribution in [3.05, 3.63) is 91.0 Å². The highest BCUT2D eigenvalue weighted by Gasteiger charge is 2.44. The summed E-state index contributed by atoms with van der Waals surface area (Å²) in [6.45, 7) is 12.6. The van der Waals surface area contributed by atoms with E-state index in [1.54, 1.807) is 6.34 Å². The van der Waals surface area contributed by atoms with Gasteiger partial charge < -0.3 is 0 Å². The van der Waals surface area contributed by atoms with Crippen LogP contribution in [0.4, 0.5) is 0 Å². The molecule has 0 amide bonds. The van der Waals surface area contributed by atoms with Gasteiger partial charge in [0.15, 0.2) is 19.6 Å². The van der Waals surface area contributed by atoms with Crippen LogP contribution in [-0.4, -0.2) is 40.6 Å². The SMILES string of the molecule is CC(C)=NC(/N=C/N=C[P+](c1ccccc1)(c1ccccc1)c1ccccc1)=[N+](C(C)C)C(C)C. The fourth-order valence-electron chi connectivity index (χ4n) is 4.26. The monoisotopic (exact) mass is 484 g/mol. The average Bonchev–Trinajstić information content (AvgIpc) is 2.85. The van der Waals surface area contributed by atoms with E-state index in [0.717, 1.165) is 5.71 Å². The summed E-state index contributed by atoms with van der Waals surface area (Å²) >= 11 is 0. The van der Waals surface area contributed by atoms with Crippen molar-refractivity contribution in [3.8, 4) is 0 Å². The number of hydrogen-bond donors (Lipinski definition) is 0. The van der Waals surface area contributed by atoms with E-state index in [9.17, 15) is 0 Å². The van der Waals surface area contributed by atoms with Gasteiger partial charge in [-0.3, -0.25) is 4.58 Å². The van der Waals surface area contributed by atoms with Crippen LogP contribution in [-0.2, 0) is 0 Å².